The summed E-state index contributed by atoms with van der Waals surface area (Å²) in [7, 11) is 0. The molecule has 0 atom stereocenters. The van der Waals surface area contributed by atoms with Crippen LogP contribution in [0.1, 0.15) is 0 Å². The van der Waals surface area contributed by atoms with Crippen molar-refractivity contribution in [2.24, 2.45) is 10.3 Å². The molecule has 28 valence electrons. The van der Waals surface area contributed by atoms with Gasteiger partial charge in [-0.15, -0.1) is 5.11 Å². The first-order chi connectivity index (χ1) is 2.50. The first-order valence-corrected chi connectivity index (χ1v) is 1.68. The van der Waals surface area contributed by atoms with Crippen LogP contribution in [0.5, 0.6) is 0 Å². The molecule has 3 heteroatoms. The lowest BCUT2D eigenvalue weighted by Crippen LogP contribution is -2.75. The molecule has 0 saturated carbocycles. The van der Waals surface area contributed by atoms with Crippen LogP contribution in [0.15, 0.2) is 10.3 Å². The SMILES string of the molecule is C1C[NH2+]N=N1. The Balaban J connectivity index is 2.32. The molecule has 0 spiro atoms. The molecule has 3 nitrogen and oxygen atoms in total. The Morgan fingerprint density at radius 3 is 2.80 bits per heavy atom. The standard InChI is InChI=1S/C2H5N3/c1-2-4-5-3-1/h1-2H2,(H,3,4)/p+1. The van der Waals surface area contributed by atoms with E-state index in [0.717, 1.165) is 13.1 Å². The molecule has 0 fully saturated rings. The van der Waals surface area contributed by atoms with Crippen molar-refractivity contribution >= 4 is 0 Å². The molecule has 1 rings (SSSR count). The van der Waals surface area contributed by atoms with Crippen molar-refractivity contribution in [1.29, 1.82) is 0 Å². The number of nitrogens with zero attached hydrogens (tertiary/aromatic N) is 2. The first kappa shape index (κ1) is 2.78. The number of quaternary nitrogens is 1. The highest BCUT2D eigenvalue weighted by molar-refractivity contribution is 4.29. The van der Waals surface area contributed by atoms with Crippen molar-refractivity contribution in [3.63, 3.8) is 0 Å². The third-order valence-electron chi connectivity index (χ3n) is 0.521. The third-order valence-corrected chi connectivity index (χ3v) is 0.521. The van der Waals surface area contributed by atoms with Crippen LogP contribution in [0.4, 0.5) is 0 Å². The molecule has 0 amide bonds. The maximum absolute atomic E-state index is 3.65. The van der Waals surface area contributed by atoms with E-state index in [9.17, 15) is 0 Å². The van der Waals surface area contributed by atoms with Gasteiger partial charge in [0.05, 0.1) is 0 Å². The van der Waals surface area contributed by atoms with Gasteiger partial charge in [0.15, 0.2) is 0 Å². The lowest BCUT2D eigenvalue weighted by Gasteiger charge is -1.64. The van der Waals surface area contributed by atoms with Gasteiger partial charge in [0.25, 0.3) is 0 Å². The fraction of sp³-hybridized carbons (Fsp3) is 1.00. The van der Waals surface area contributed by atoms with E-state index >= 15 is 0 Å². The largest absolute Gasteiger partial charge is 0.199 e. The molecule has 0 aromatic carbocycles. The third kappa shape index (κ3) is 0.417. The van der Waals surface area contributed by atoms with Crippen LogP contribution < -0.4 is 5.43 Å². The maximum atomic E-state index is 3.65. The summed E-state index contributed by atoms with van der Waals surface area (Å²) in [5.41, 5.74) is 1.82. The van der Waals surface area contributed by atoms with Crippen LogP contribution in [0.3, 0.4) is 0 Å². The van der Waals surface area contributed by atoms with E-state index in [-0.39, 0.29) is 0 Å². The molecule has 0 saturated heterocycles. The van der Waals surface area contributed by atoms with Gasteiger partial charge < -0.3 is 0 Å². The quantitative estimate of drug-likeness (QED) is 0.354. The van der Waals surface area contributed by atoms with E-state index in [1.165, 1.54) is 0 Å². The number of rotatable bonds is 0. The van der Waals surface area contributed by atoms with Gasteiger partial charge in [-0.05, 0) is 0 Å². The Morgan fingerprint density at radius 1 is 1.60 bits per heavy atom. The minimum Gasteiger partial charge on any atom is -0.199 e. The highest BCUT2D eigenvalue weighted by atomic mass is 15.5. The van der Waals surface area contributed by atoms with Crippen LogP contribution >= 0.6 is 0 Å². The van der Waals surface area contributed by atoms with E-state index in [1.54, 1.807) is 0 Å². The number of nitrogens with two attached hydrogens (primary N) is 1. The summed E-state index contributed by atoms with van der Waals surface area (Å²) in [6, 6.07) is 0. The molecule has 1 heterocycles. The fourth-order valence-electron chi connectivity index (χ4n) is 0.289. The summed E-state index contributed by atoms with van der Waals surface area (Å²) in [5.74, 6) is 0. The molecule has 0 aromatic rings. The summed E-state index contributed by atoms with van der Waals surface area (Å²) < 4.78 is 0. The summed E-state index contributed by atoms with van der Waals surface area (Å²) in [5, 5.41) is 7.24. The second-order valence-corrected chi connectivity index (χ2v) is 0.952. The average molecular weight is 72.1 g/mol. The zero-order chi connectivity index (χ0) is 3.54. The van der Waals surface area contributed by atoms with Gasteiger partial charge >= 0.3 is 0 Å². The molecular weight excluding hydrogens is 66.0 g/mol. The Kier molecular flexibility index (Phi) is 0.624. The first-order valence-electron chi connectivity index (χ1n) is 1.68. The molecule has 1 aliphatic rings. The molecular formula is C2H6N3+. The summed E-state index contributed by atoms with van der Waals surface area (Å²) >= 11 is 0. The second-order valence-electron chi connectivity index (χ2n) is 0.952. The summed E-state index contributed by atoms with van der Waals surface area (Å²) in [4.78, 5) is 0. The van der Waals surface area contributed by atoms with Crippen molar-refractivity contribution in [2.45, 2.75) is 0 Å². The zero-order valence-corrected chi connectivity index (χ0v) is 2.89. The Hall–Kier alpha value is -0.440. The van der Waals surface area contributed by atoms with E-state index in [1.807, 2.05) is 5.43 Å². The smallest absolute Gasteiger partial charge is 0.123 e. The average Bonchev–Trinajstić information content (AvgIpc) is 1.76. The highest BCUT2D eigenvalue weighted by Crippen LogP contribution is 1.65. The van der Waals surface area contributed by atoms with E-state index < -0.39 is 0 Å². The molecule has 1 aliphatic heterocycles. The van der Waals surface area contributed by atoms with Crippen LogP contribution in [-0.2, 0) is 0 Å². The van der Waals surface area contributed by atoms with E-state index in [0.29, 0.717) is 0 Å². The van der Waals surface area contributed by atoms with Gasteiger partial charge in [-0.3, -0.25) is 0 Å². The van der Waals surface area contributed by atoms with Gasteiger partial charge in [-0.1, -0.05) is 0 Å². The van der Waals surface area contributed by atoms with Crippen molar-refractivity contribution < 1.29 is 5.43 Å². The van der Waals surface area contributed by atoms with Crippen molar-refractivity contribution in [2.75, 3.05) is 13.1 Å². The molecule has 0 aromatic heterocycles. The number of hydrogen-bond donors (Lipinski definition) is 1. The maximum Gasteiger partial charge on any atom is 0.123 e. The Labute approximate surface area is 30.1 Å². The highest BCUT2D eigenvalue weighted by Gasteiger charge is 1.90. The normalized spacial score (nSPS) is 20.8. The van der Waals surface area contributed by atoms with Gasteiger partial charge in [0.2, 0.25) is 0 Å². The Bertz CT molecular complexity index is 42.9. The van der Waals surface area contributed by atoms with Crippen LogP contribution in [0.25, 0.3) is 0 Å². The van der Waals surface area contributed by atoms with Crippen LogP contribution in [0, 0.1) is 0 Å². The minimum absolute atomic E-state index is 0.903. The molecule has 5 heavy (non-hydrogen) atoms. The molecule has 0 bridgehead atoms. The lowest BCUT2D eigenvalue weighted by atomic mass is 10.7. The second kappa shape index (κ2) is 1.12. The monoisotopic (exact) mass is 72.1 g/mol. The topological polar surface area (TPSA) is 41.3 Å². The molecule has 0 aliphatic carbocycles. The van der Waals surface area contributed by atoms with Crippen molar-refractivity contribution in [3.05, 3.63) is 0 Å². The van der Waals surface area contributed by atoms with Crippen LogP contribution in [0.2, 0.25) is 0 Å². The Morgan fingerprint density at radius 2 is 2.60 bits per heavy atom. The predicted octanol–water partition coefficient (Wildman–Crippen LogP) is -1.07. The van der Waals surface area contributed by atoms with Crippen molar-refractivity contribution in [3.8, 4) is 0 Å². The summed E-state index contributed by atoms with van der Waals surface area (Å²) in [6.07, 6.45) is 0. The fourth-order valence-corrected chi connectivity index (χ4v) is 0.289. The van der Waals surface area contributed by atoms with Crippen molar-refractivity contribution in [1.82, 2.24) is 0 Å². The van der Waals surface area contributed by atoms with Gasteiger partial charge in [-0.25, -0.2) is 0 Å². The van der Waals surface area contributed by atoms with E-state index in [2.05, 4.69) is 10.3 Å². The van der Waals surface area contributed by atoms with Gasteiger partial charge in [0, 0.05) is 5.22 Å². The summed E-state index contributed by atoms with van der Waals surface area (Å²) in [6.45, 7) is 1.94. The molecule has 0 radical (unpaired) electrons. The molecule has 0 unspecified atom stereocenters. The zero-order valence-electron chi connectivity index (χ0n) is 2.89. The van der Waals surface area contributed by atoms with E-state index in [4.69, 9.17) is 0 Å². The predicted molar refractivity (Wildman–Crippen MR) is 16.5 cm³/mol. The van der Waals surface area contributed by atoms with Gasteiger partial charge in [0.1, 0.15) is 13.1 Å². The minimum atomic E-state index is 0.903. The van der Waals surface area contributed by atoms with Gasteiger partial charge in [-0.2, -0.15) is 5.43 Å². The van der Waals surface area contributed by atoms with Crippen LogP contribution in [-0.4, -0.2) is 13.1 Å². The lowest BCUT2D eigenvalue weighted by molar-refractivity contribution is -0.653. The number of hydrogen-bond acceptors (Lipinski definition) is 2. The molecule has 2 N–H and O–H groups in total.